The monoisotopic (exact) mass is 386 g/mol. The van der Waals surface area contributed by atoms with Gasteiger partial charge in [-0.05, 0) is 24.3 Å². The lowest BCUT2D eigenvalue weighted by atomic mass is 10.1. The number of hydrogen-bond donors (Lipinski definition) is 1. The van der Waals surface area contributed by atoms with Crippen LogP contribution in [0.3, 0.4) is 0 Å². The molecule has 140 valence electrons. The third-order valence-corrected chi connectivity index (χ3v) is 5.38. The number of fused-ring (bicyclic) bond motifs is 1. The van der Waals surface area contributed by atoms with Gasteiger partial charge in [0.15, 0.2) is 0 Å². The van der Waals surface area contributed by atoms with Crippen molar-refractivity contribution in [3.8, 4) is 10.9 Å². The molecule has 0 atom stereocenters. The van der Waals surface area contributed by atoms with E-state index < -0.39 is 0 Å². The molecule has 0 bridgehead atoms. The first-order chi connectivity index (χ1) is 13.1. The molecule has 0 saturated carbocycles. The summed E-state index contributed by atoms with van der Waals surface area (Å²) in [5, 5.41) is 6.72. The molecule has 2 aromatic heterocycles. The van der Waals surface area contributed by atoms with Crippen LogP contribution in [0.5, 0.6) is 10.9 Å². The molecule has 27 heavy (non-hydrogen) atoms. The molecule has 1 aromatic carbocycles. The average molecular weight is 386 g/mol. The van der Waals surface area contributed by atoms with E-state index in [1.54, 1.807) is 12.0 Å². The van der Waals surface area contributed by atoms with Gasteiger partial charge in [0, 0.05) is 32.0 Å². The van der Waals surface area contributed by atoms with Crippen molar-refractivity contribution in [1.82, 2.24) is 20.1 Å². The molecule has 9 heteroatoms. The minimum Gasteiger partial charge on any atom is -0.497 e. The fourth-order valence-electron chi connectivity index (χ4n) is 3.01. The van der Waals surface area contributed by atoms with Crippen LogP contribution in [0.25, 0.3) is 10.2 Å². The number of nitrogens with one attached hydrogen (secondary N) is 1. The smallest absolute Gasteiger partial charge is 0.274 e. The maximum absolute atomic E-state index is 12.4. The normalized spacial score (nSPS) is 15.1. The lowest BCUT2D eigenvalue weighted by Gasteiger charge is -2.31. The quantitative estimate of drug-likeness (QED) is 0.737. The van der Waals surface area contributed by atoms with E-state index in [2.05, 4.69) is 15.2 Å². The fourth-order valence-corrected chi connectivity index (χ4v) is 3.92. The number of benzene rings is 1. The molecular weight excluding hydrogens is 368 g/mol. The molecule has 0 unspecified atom stereocenters. The summed E-state index contributed by atoms with van der Waals surface area (Å²) < 4.78 is 12.3. The summed E-state index contributed by atoms with van der Waals surface area (Å²) in [5.41, 5.74) is 0.800. The number of rotatable bonds is 4. The molecular formula is C18H18N4O4S. The van der Waals surface area contributed by atoms with E-state index in [0.717, 1.165) is 16.0 Å². The van der Waals surface area contributed by atoms with Gasteiger partial charge in [0.2, 0.25) is 0 Å². The number of amides is 1. The number of likely N-dealkylation sites (tertiary alicyclic amines) is 1. The van der Waals surface area contributed by atoms with E-state index in [0.29, 0.717) is 31.1 Å². The van der Waals surface area contributed by atoms with Crippen LogP contribution >= 0.6 is 11.3 Å². The maximum atomic E-state index is 12.4. The van der Waals surface area contributed by atoms with E-state index in [1.807, 2.05) is 18.2 Å². The van der Waals surface area contributed by atoms with Crippen LogP contribution in [-0.2, 0) is 0 Å². The molecule has 3 aromatic rings. The summed E-state index contributed by atoms with van der Waals surface area (Å²) >= 11 is 1.49. The summed E-state index contributed by atoms with van der Waals surface area (Å²) in [5.74, 6) is 0.608. The number of thiazole rings is 1. The number of nitrogens with zero attached hydrogens (tertiary/aromatic N) is 3. The van der Waals surface area contributed by atoms with Crippen molar-refractivity contribution in [1.29, 1.82) is 0 Å². The van der Waals surface area contributed by atoms with Gasteiger partial charge < -0.3 is 14.4 Å². The summed E-state index contributed by atoms with van der Waals surface area (Å²) in [6, 6.07) is 8.48. The Hall–Kier alpha value is -2.94. The Morgan fingerprint density at radius 3 is 2.78 bits per heavy atom. The zero-order valence-electron chi connectivity index (χ0n) is 14.7. The summed E-state index contributed by atoms with van der Waals surface area (Å²) in [4.78, 5) is 29.7. The van der Waals surface area contributed by atoms with Crippen LogP contribution < -0.4 is 15.0 Å². The van der Waals surface area contributed by atoms with Gasteiger partial charge in [0.1, 0.15) is 17.5 Å². The Bertz CT molecular complexity index is 1000. The van der Waals surface area contributed by atoms with Crippen LogP contribution in [0.4, 0.5) is 0 Å². The Labute approximate surface area is 158 Å². The van der Waals surface area contributed by atoms with Crippen molar-refractivity contribution in [3.05, 3.63) is 46.4 Å². The highest BCUT2D eigenvalue weighted by Crippen LogP contribution is 2.32. The number of carbonyl (C=O) groups is 1. The number of H-pyrrole nitrogens is 1. The van der Waals surface area contributed by atoms with E-state index in [4.69, 9.17) is 9.47 Å². The van der Waals surface area contributed by atoms with Crippen molar-refractivity contribution in [3.63, 3.8) is 0 Å². The van der Waals surface area contributed by atoms with Crippen molar-refractivity contribution in [2.45, 2.75) is 18.9 Å². The average Bonchev–Trinajstić information content (AvgIpc) is 3.10. The zero-order chi connectivity index (χ0) is 18.8. The van der Waals surface area contributed by atoms with Crippen molar-refractivity contribution in [2.75, 3.05) is 20.2 Å². The van der Waals surface area contributed by atoms with Crippen LogP contribution in [0, 0.1) is 0 Å². The van der Waals surface area contributed by atoms with E-state index in [9.17, 15) is 9.59 Å². The second-order valence-corrected chi connectivity index (χ2v) is 7.22. The molecule has 1 N–H and O–H groups in total. The van der Waals surface area contributed by atoms with E-state index in [1.165, 1.54) is 23.5 Å². The zero-order valence-corrected chi connectivity index (χ0v) is 15.5. The highest BCUT2D eigenvalue weighted by atomic mass is 32.1. The van der Waals surface area contributed by atoms with Gasteiger partial charge in [-0.25, -0.2) is 10.1 Å². The standard InChI is InChI=1S/C18H18N4O4S/c1-25-12-2-3-13-15(10-12)27-18(19-13)26-11-6-8-22(9-7-11)17(24)14-4-5-16(23)21-20-14/h2-5,10-11H,6-9H2,1H3,(H,21,23). The van der Waals surface area contributed by atoms with Gasteiger partial charge >= 0.3 is 0 Å². The molecule has 1 amide bonds. The van der Waals surface area contributed by atoms with Crippen LogP contribution in [-0.4, -0.2) is 52.3 Å². The second-order valence-electron chi connectivity index (χ2n) is 6.23. The molecule has 1 fully saturated rings. The topological polar surface area (TPSA) is 97.4 Å². The van der Waals surface area contributed by atoms with E-state index >= 15 is 0 Å². The SMILES string of the molecule is COc1ccc2nc(OC3CCN(C(=O)c4ccc(=O)[nH]n4)CC3)sc2c1. The molecule has 8 nitrogen and oxygen atoms in total. The molecule has 3 heterocycles. The lowest BCUT2D eigenvalue weighted by Crippen LogP contribution is -2.42. The third kappa shape index (κ3) is 3.77. The van der Waals surface area contributed by atoms with Gasteiger partial charge in [-0.2, -0.15) is 5.10 Å². The number of carbonyl (C=O) groups excluding carboxylic acids is 1. The minimum absolute atomic E-state index is 0.0139. The summed E-state index contributed by atoms with van der Waals surface area (Å²) in [6.45, 7) is 1.14. The number of hydrogen-bond acceptors (Lipinski definition) is 7. The predicted molar refractivity (Wildman–Crippen MR) is 101 cm³/mol. The highest BCUT2D eigenvalue weighted by molar-refractivity contribution is 7.20. The van der Waals surface area contributed by atoms with Gasteiger partial charge in [-0.1, -0.05) is 11.3 Å². The molecule has 1 aliphatic heterocycles. The van der Waals surface area contributed by atoms with Gasteiger partial charge in [0.25, 0.3) is 16.7 Å². The molecule has 1 aliphatic rings. The van der Waals surface area contributed by atoms with Crippen molar-refractivity contribution in [2.24, 2.45) is 0 Å². The Morgan fingerprint density at radius 1 is 1.26 bits per heavy atom. The summed E-state index contributed by atoms with van der Waals surface area (Å²) in [7, 11) is 1.64. The molecule has 0 radical (unpaired) electrons. The highest BCUT2D eigenvalue weighted by Gasteiger charge is 2.26. The van der Waals surface area contributed by atoms with Crippen molar-refractivity contribution < 1.29 is 14.3 Å². The predicted octanol–water partition coefficient (Wildman–Crippen LogP) is 2.07. The van der Waals surface area contributed by atoms with Gasteiger partial charge in [-0.15, -0.1) is 0 Å². The molecule has 4 rings (SSSR count). The Kier molecular flexibility index (Phi) is 4.76. The molecule has 1 saturated heterocycles. The summed E-state index contributed by atoms with van der Waals surface area (Å²) in [6.07, 6.45) is 1.45. The minimum atomic E-state index is -0.327. The fraction of sp³-hybridized carbons (Fsp3) is 0.333. The molecule has 0 aliphatic carbocycles. The van der Waals surface area contributed by atoms with Crippen molar-refractivity contribution >= 4 is 27.5 Å². The number of methoxy groups -OCH3 is 1. The maximum Gasteiger partial charge on any atom is 0.274 e. The second kappa shape index (κ2) is 7.36. The largest absolute Gasteiger partial charge is 0.497 e. The van der Waals surface area contributed by atoms with E-state index in [-0.39, 0.29) is 23.3 Å². The number of aromatic amines is 1. The van der Waals surface area contributed by atoms with Gasteiger partial charge in [-0.3, -0.25) is 9.59 Å². The molecule has 0 spiro atoms. The first kappa shape index (κ1) is 17.5. The first-order valence-electron chi connectivity index (χ1n) is 8.58. The lowest BCUT2D eigenvalue weighted by molar-refractivity contribution is 0.0589. The Morgan fingerprint density at radius 2 is 2.07 bits per heavy atom. The number of aromatic nitrogens is 3. The van der Waals surface area contributed by atoms with Crippen LogP contribution in [0.2, 0.25) is 0 Å². The number of ether oxygens (including phenoxy) is 2. The van der Waals surface area contributed by atoms with Crippen LogP contribution in [0.1, 0.15) is 23.3 Å². The Balaban J connectivity index is 1.37. The van der Waals surface area contributed by atoms with Crippen LogP contribution in [0.15, 0.2) is 35.1 Å². The number of piperidine rings is 1. The first-order valence-corrected chi connectivity index (χ1v) is 9.40. The third-order valence-electron chi connectivity index (χ3n) is 4.47. The van der Waals surface area contributed by atoms with Gasteiger partial charge in [0.05, 0.1) is 17.3 Å².